The van der Waals surface area contributed by atoms with Crippen molar-refractivity contribution in [1.82, 2.24) is 14.9 Å². The molecule has 0 aliphatic carbocycles. The molecule has 0 atom stereocenters. The Morgan fingerprint density at radius 3 is 2.20 bits per heavy atom. The maximum absolute atomic E-state index is 12.2. The Kier molecular flexibility index (Phi) is 3.31. The number of halogens is 1. The quantitative estimate of drug-likeness (QED) is 0.808. The zero-order valence-electron chi connectivity index (χ0n) is 10.4. The van der Waals surface area contributed by atoms with Crippen molar-refractivity contribution in [2.45, 2.75) is 6.42 Å². The Hall–Kier alpha value is -2.08. The number of hydrogen-bond donors (Lipinski definition) is 0. The minimum absolute atomic E-state index is 0.245. The first-order chi connectivity index (χ1) is 9.68. The van der Waals surface area contributed by atoms with Gasteiger partial charge in [0.1, 0.15) is 4.60 Å². The lowest BCUT2D eigenvalue weighted by Gasteiger charge is -2.13. The minimum atomic E-state index is -0.245. The van der Waals surface area contributed by atoms with E-state index in [1.54, 1.807) is 36.7 Å². The lowest BCUT2D eigenvalue weighted by molar-refractivity contribution is 0.0655. The fourth-order valence-corrected chi connectivity index (χ4v) is 2.60. The van der Waals surface area contributed by atoms with Gasteiger partial charge < -0.3 is 0 Å². The number of carbonyl (C=O) groups excluding carboxylic acids is 2. The van der Waals surface area contributed by atoms with Crippen LogP contribution in [0.1, 0.15) is 26.4 Å². The van der Waals surface area contributed by atoms with Gasteiger partial charge in [-0.1, -0.05) is 12.1 Å². The van der Waals surface area contributed by atoms with E-state index in [2.05, 4.69) is 25.9 Å². The molecule has 5 nitrogen and oxygen atoms in total. The number of benzene rings is 1. The maximum atomic E-state index is 12.2. The van der Waals surface area contributed by atoms with Gasteiger partial charge >= 0.3 is 0 Å². The lowest BCUT2D eigenvalue weighted by Crippen LogP contribution is -2.32. The highest BCUT2D eigenvalue weighted by molar-refractivity contribution is 9.10. The number of nitrogens with zero attached hydrogens (tertiary/aromatic N) is 3. The molecule has 3 rings (SSSR count). The van der Waals surface area contributed by atoms with Gasteiger partial charge in [0.2, 0.25) is 0 Å². The van der Waals surface area contributed by atoms with Gasteiger partial charge in [0, 0.05) is 25.4 Å². The molecule has 0 N–H and O–H groups in total. The van der Waals surface area contributed by atoms with Gasteiger partial charge in [-0.2, -0.15) is 0 Å². The van der Waals surface area contributed by atoms with Gasteiger partial charge in [0.25, 0.3) is 11.8 Å². The summed E-state index contributed by atoms with van der Waals surface area (Å²) in [5.74, 6) is -0.490. The zero-order valence-corrected chi connectivity index (χ0v) is 12.0. The standard InChI is InChI=1S/C14H10BrN3O2/c15-12-11(16-6-7-17-12)5-8-18-13(19)9-3-1-2-4-10(9)14(18)20/h1-4,6-7H,5,8H2. The average molecular weight is 332 g/mol. The molecule has 1 aliphatic heterocycles. The molecule has 0 fully saturated rings. The van der Waals surface area contributed by atoms with Crippen LogP contribution in [0.3, 0.4) is 0 Å². The van der Waals surface area contributed by atoms with Crippen molar-refractivity contribution in [3.63, 3.8) is 0 Å². The normalized spacial score (nSPS) is 13.8. The predicted octanol–water partition coefficient (Wildman–Crippen LogP) is 2.08. The second-order valence-electron chi connectivity index (χ2n) is 4.35. The average Bonchev–Trinajstić information content (AvgIpc) is 2.71. The highest BCUT2D eigenvalue weighted by Gasteiger charge is 2.34. The van der Waals surface area contributed by atoms with Gasteiger partial charge in [0.05, 0.1) is 16.8 Å². The summed E-state index contributed by atoms with van der Waals surface area (Å²) in [7, 11) is 0. The molecule has 0 bridgehead atoms. The number of amides is 2. The smallest absolute Gasteiger partial charge is 0.261 e. The van der Waals surface area contributed by atoms with Crippen LogP contribution in [-0.2, 0) is 6.42 Å². The number of hydrogen-bond acceptors (Lipinski definition) is 4. The van der Waals surface area contributed by atoms with Crippen LogP contribution >= 0.6 is 15.9 Å². The largest absolute Gasteiger partial charge is 0.274 e. The predicted molar refractivity (Wildman–Crippen MR) is 75.2 cm³/mol. The fourth-order valence-electron chi connectivity index (χ4n) is 2.18. The summed E-state index contributed by atoms with van der Waals surface area (Å²) in [6.45, 7) is 0.295. The minimum Gasteiger partial charge on any atom is -0.274 e. The monoisotopic (exact) mass is 331 g/mol. The second kappa shape index (κ2) is 5.13. The molecule has 1 aliphatic rings. The van der Waals surface area contributed by atoms with Crippen LogP contribution in [0.15, 0.2) is 41.3 Å². The Balaban J connectivity index is 1.79. The van der Waals surface area contributed by atoms with E-state index in [0.717, 1.165) is 5.69 Å². The Labute approximate surface area is 123 Å². The topological polar surface area (TPSA) is 63.2 Å². The van der Waals surface area contributed by atoms with Crippen LogP contribution in [0, 0.1) is 0 Å². The van der Waals surface area contributed by atoms with Crippen molar-refractivity contribution in [3.05, 3.63) is 58.1 Å². The molecular weight excluding hydrogens is 322 g/mol. The van der Waals surface area contributed by atoms with E-state index >= 15 is 0 Å². The van der Waals surface area contributed by atoms with Crippen LogP contribution in [0.2, 0.25) is 0 Å². The first-order valence-corrected chi connectivity index (χ1v) is 6.88. The van der Waals surface area contributed by atoms with Gasteiger partial charge in [-0.25, -0.2) is 4.98 Å². The zero-order chi connectivity index (χ0) is 14.1. The van der Waals surface area contributed by atoms with Crippen molar-refractivity contribution in [3.8, 4) is 0 Å². The number of rotatable bonds is 3. The fraction of sp³-hybridized carbons (Fsp3) is 0.143. The lowest BCUT2D eigenvalue weighted by atomic mass is 10.1. The number of fused-ring (bicyclic) bond motifs is 1. The molecule has 1 aromatic heterocycles. The van der Waals surface area contributed by atoms with Crippen molar-refractivity contribution in [1.29, 1.82) is 0 Å². The van der Waals surface area contributed by atoms with Crippen molar-refractivity contribution < 1.29 is 9.59 Å². The summed E-state index contributed by atoms with van der Waals surface area (Å²) in [5.41, 5.74) is 1.66. The van der Waals surface area contributed by atoms with Crippen LogP contribution in [0.5, 0.6) is 0 Å². The second-order valence-corrected chi connectivity index (χ2v) is 5.10. The number of carbonyl (C=O) groups is 2. The molecule has 20 heavy (non-hydrogen) atoms. The van der Waals surface area contributed by atoms with E-state index in [1.807, 2.05) is 0 Å². The van der Waals surface area contributed by atoms with Gasteiger partial charge in [-0.3, -0.25) is 19.5 Å². The summed E-state index contributed by atoms with van der Waals surface area (Å²) in [6.07, 6.45) is 3.64. The molecule has 0 saturated carbocycles. The summed E-state index contributed by atoms with van der Waals surface area (Å²) < 4.78 is 0.636. The Morgan fingerprint density at radius 2 is 1.60 bits per heavy atom. The number of imide groups is 1. The third-order valence-electron chi connectivity index (χ3n) is 3.17. The summed E-state index contributed by atoms with van der Waals surface area (Å²) in [4.78, 5) is 33.8. The van der Waals surface area contributed by atoms with Crippen molar-refractivity contribution in [2.75, 3.05) is 6.54 Å². The van der Waals surface area contributed by atoms with Gasteiger partial charge in [-0.05, 0) is 28.1 Å². The molecule has 6 heteroatoms. The molecule has 0 radical (unpaired) electrons. The van der Waals surface area contributed by atoms with Crippen molar-refractivity contribution >= 4 is 27.7 Å². The van der Waals surface area contributed by atoms with Gasteiger partial charge in [-0.15, -0.1) is 0 Å². The maximum Gasteiger partial charge on any atom is 0.261 e. The van der Waals surface area contributed by atoms with Crippen LogP contribution < -0.4 is 0 Å². The molecule has 2 aromatic rings. The first-order valence-electron chi connectivity index (χ1n) is 6.09. The van der Waals surface area contributed by atoms with Crippen LogP contribution in [-0.4, -0.2) is 33.2 Å². The van der Waals surface area contributed by atoms with Crippen molar-refractivity contribution in [2.24, 2.45) is 0 Å². The summed E-state index contributed by atoms with van der Waals surface area (Å²) >= 11 is 3.30. The highest BCUT2D eigenvalue weighted by Crippen LogP contribution is 2.22. The Bertz CT molecular complexity index is 667. The van der Waals surface area contributed by atoms with Crippen LogP contribution in [0.25, 0.3) is 0 Å². The summed E-state index contributed by atoms with van der Waals surface area (Å²) in [5, 5.41) is 0. The third kappa shape index (κ3) is 2.12. The summed E-state index contributed by atoms with van der Waals surface area (Å²) in [6, 6.07) is 6.86. The molecule has 0 unspecified atom stereocenters. The molecule has 0 saturated heterocycles. The molecule has 0 spiro atoms. The van der Waals surface area contributed by atoms with E-state index < -0.39 is 0 Å². The van der Waals surface area contributed by atoms with E-state index in [9.17, 15) is 9.59 Å². The molecule has 2 amide bonds. The molecule has 100 valence electrons. The molecule has 1 aromatic carbocycles. The van der Waals surface area contributed by atoms with E-state index in [-0.39, 0.29) is 11.8 Å². The highest BCUT2D eigenvalue weighted by atomic mass is 79.9. The van der Waals surface area contributed by atoms with E-state index in [1.165, 1.54) is 4.90 Å². The van der Waals surface area contributed by atoms with E-state index in [4.69, 9.17) is 0 Å². The molecular formula is C14H10BrN3O2. The first kappa shape index (κ1) is 12.9. The molecule has 2 heterocycles. The van der Waals surface area contributed by atoms with E-state index in [0.29, 0.717) is 28.7 Å². The van der Waals surface area contributed by atoms with Crippen LogP contribution in [0.4, 0.5) is 0 Å². The number of aromatic nitrogens is 2. The Morgan fingerprint density at radius 1 is 1.00 bits per heavy atom. The van der Waals surface area contributed by atoms with Gasteiger partial charge in [0.15, 0.2) is 0 Å². The SMILES string of the molecule is O=C1c2ccccc2C(=O)N1CCc1nccnc1Br. The third-order valence-corrected chi connectivity index (χ3v) is 3.84.